The van der Waals surface area contributed by atoms with E-state index in [9.17, 15) is 13.2 Å². The van der Waals surface area contributed by atoms with Crippen molar-refractivity contribution in [2.24, 2.45) is 0 Å². The maximum Gasteiger partial charge on any atom is 0.239 e. The van der Waals surface area contributed by atoms with Crippen LogP contribution < -0.4 is 10.1 Å². The lowest BCUT2D eigenvalue weighted by molar-refractivity contribution is -0.113. The molecule has 0 radical (unpaired) electrons. The van der Waals surface area contributed by atoms with Gasteiger partial charge in [0.05, 0.1) is 12.0 Å². The Balaban J connectivity index is 1.44. The van der Waals surface area contributed by atoms with E-state index < -0.39 is 21.5 Å². The van der Waals surface area contributed by atoms with Crippen molar-refractivity contribution in [2.45, 2.75) is 4.90 Å². The molecule has 4 aromatic rings. The molecule has 0 atom stereocenters. The second-order valence-electron chi connectivity index (χ2n) is 6.55. The summed E-state index contributed by atoms with van der Waals surface area (Å²) >= 11 is 0. The molecule has 0 fully saturated rings. The van der Waals surface area contributed by atoms with Crippen molar-refractivity contribution in [3.8, 4) is 17.2 Å². The molecule has 7 nitrogen and oxygen atoms in total. The van der Waals surface area contributed by atoms with Crippen LogP contribution in [0.5, 0.6) is 5.75 Å². The molecule has 0 saturated heterocycles. The summed E-state index contributed by atoms with van der Waals surface area (Å²) in [5, 5.41) is 2.60. The van der Waals surface area contributed by atoms with Gasteiger partial charge in [-0.1, -0.05) is 12.1 Å². The number of nitrogens with one attached hydrogen (secondary N) is 1. The van der Waals surface area contributed by atoms with E-state index in [1.165, 1.54) is 31.4 Å². The number of ether oxygens (including phenoxy) is 1. The van der Waals surface area contributed by atoms with Crippen molar-refractivity contribution in [1.29, 1.82) is 0 Å². The Kier molecular flexibility index (Phi) is 5.24. The van der Waals surface area contributed by atoms with Gasteiger partial charge in [-0.15, -0.1) is 0 Å². The molecule has 0 spiro atoms. The minimum atomic E-state index is -3.76. The number of carbonyl (C=O) groups is 1. The van der Waals surface area contributed by atoms with Crippen LogP contribution in [0.2, 0.25) is 0 Å². The third-order valence-electron chi connectivity index (χ3n) is 4.45. The van der Waals surface area contributed by atoms with Gasteiger partial charge in [0.15, 0.2) is 15.4 Å². The maximum atomic E-state index is 12.4. The molecule has 0 aliphatic rings. The summed E-state index contributed by atoms with van der Waals surface area (Å²) in [7, 11) is -2.27. The lowest BCUT2D eigenvalue weighted by Crippen LogP contribution is -2.23. The molecule has 1 heterocycles. The van der Waals surface area contributed by atoms with Gasteiger partial charge in [-0.3, -0.25) is 4.79 Å². The van der Waals surface area contributed by atoms with E-state index in [2.05, 4.69) is 10.3 Å². The lowest BCUT2D eigenvalue weighted by atomic mass is 10.2. The van der Waals surface area contributed by atoms with E-state index in [1.807, 2.05) is 24.3 Å². The second-order valence-corrected chi connectivity index (χ2v) is 8.54. The number of carbonyl (C=O) groups excluding carboxylic acids is 1. The maximum absolute atomic E-state index is 12.4. The summed E-state index contributed by atoms with van der Waals surface area (Å²) < 4.78 is 35.6. The highest BCUT2D eigenvalue weighted by Crippen LogP contribution is 2.25. The van der Waals surface area contributed by atoms with Gasteiger partial charge in [0, 0.05) is 11.3 Å². The standard InChI is InChI=1S/C22H18N2O5S/c1-28-17-10-12-18(13-11-17)30(26,27)14-21(25)23-16-8-6-15(7-9-16)22-24-19-4-2-3-5-20(19)29-22/h2-13H,14H2,1H3,(H,23,25). The highest BCUT2D eigenvalue weighted by Gasteiger charge is 2.19. The average molecular weight is 422 g/mol. The Bertz CT molecular complexity index is 1260. The zero-order chi connectivity index (χ0) is 21.1. The molecule has 0 aliphatic heterocycles. The van der Waals surface area contributed by atoms with Crippen molar-refractivity contribution in [3.05, 3.63) is 72.8 Å². The van der Waals surface area contributed by atoms with Crippen molar-refractivity contribution < 1.29 is 22.4 Å². The van der Waals surface area contributed by atoms with Crippen LogP contribution in [-0.4, -0.2) is 32.2 Å². The molecular formula is C22H18N2O5S. The molecule has 1 N–H and O–H groups in total. The fourth-order valence-corrected chi connectivity index (χ4v) is 4.06. The number of sulfone groups is 1. The first-order valence-electron chi connectivity index (χ1n) is 9.07. The molecule has 1 aromatic heterocycles. The van der Waals surface area contributed by atoms with Crippen LogP contribution in [0.15, 0.2) is 82.1 Å². The minimum absolute atomic E-state index is 0.0600. The number of hydrogen-bond donors (Lipinski definition) is 1. The van der Waals surface area contributed by atoms with Gasteiger partial charge in [-0.05, 0) is 60.7 Å². The van der Waals surface area contributed by atoms with Crippen LogP contribution in [0.1, 0.15) is 0 Å². The summed E-state index contributed by atoms with van der Waals surface area (Å²) in [4.78, 5) is 16.7. The number of hydrogen-bond acceptors (Lipinski definition) is 6. The van der Waals surface area contributed by atoms with Gasteiger partial charge in [-0.25, -0.2) is 13.4 Å². The number of aromatic nitrogens is 1. The minimum Gasteiger partial charge on any atom is -0.497 e. The average Bonchev–Trinajstić information content (AvgIpc) is 3.18. The fraction of sp³-hybridized carbons (Fsp3) is 0.0909. The van der Waals surface area contributed by atoms with E-state index in [4.69, 9.17) is 9.15 Å². The lowest BCUT2D eigenvalue weighted by Gasteiger charge is -2.07. The van der Waals surface area contributed by atoms with Crippen LogP contribution in [0, 0.1) is 0 Å². The quantitative estimate of drug-likeness (QED) is 0.506. The number of nitrogens with zero attached hydrogens (tertiary/aromatic N) is 1. The van der Waals surface area contributed by atoms with Crippen LogP contribution in [0.3, 0.4) is 0 Å². The molecule has 0 unspecified atom stereocenters. The first kappa shape index (κ1) is 19.7. The number of rotatable bonds is 6. The third-order valence-corrected chi connectivity index (χ3v) is 6.08. The fourth-order valence-electron chi connectivity index (χ4n) is 2.93. The Morgan fingerprint density at radius 3 is 2.37 bits per heavy atom. The molecule has 1 amide bonds. The van der Waals surface area contributed by atoms with Crippen LogP contribution >= 0.6 is 0 Å². The van der Waals surface area contributed by atoms with Gasteiger partial charge < -0.3 is 14.5 Å². The van der Waals surface area contributed by atoms with E-state index in [0.29, 0.717) is 22.9 Å². The summed E-state index contributed by atoms with van der Waals surface area (Å²) in [5.74, 6) is -0.277. The summed E-state index contributed by atoms with van der Waals surface area (Å²) in [6.45, 7) is 0. The smallest absolute Gasteiger partial charge is 0.239 e. The van der Waals surface area contributed by atoms with Crippen molar-refractivity contribution in [1.82, 2.24) is 4.98 Å². The van der Waals surface area contributed by atoms with Crippen LogP contribution in [-0.2, 0) is 14.6 Å². The Morgan fingerprint density at radius 2 is 1.70 bits per heavy atom. The van der Waals surface area contributed by atoms with E-state index >= 15 is 0 Å². The molecule has 152 valence electrons. The largest absolute Gasteiger partial charge is 0.497 e. The number of oxazole rings is 1. The zero-order valence-corrected chi connectivity index (χ0v) is 16.8. The zero-order valence-electron chi connectivity index (χ0n) is 16.0. The van der Waals surface area contributed by atoms with Gasteiger partial charge in [0.2, 0.25) is 11.8 Å². The number of amides is 1. The summed E-state index contributed by atoms with van der Waals surface area (Å²) in [6, 6.07) is 20.2. The van der Waals surface area contributed by atoms with E-state index in [0.717, 1.165) is 11.1 Å². The monoisotopic (exact) mass is 422 g/mol. The topological polar surface area (TPSA) is 98.5 Å². The van der Waals surface area contributed by atoms with Gasteiger partial charge in [0.25, 0.3) is 0 Å². The normalized spacial score (nSPS) is 11.4. The highest BCUT2D eigenvalue weighted by molar-refractivity contribution is 7.92. The summed E-state index contributed by atoms with van der Waals surface area (Å²) in [6.07, 6.45) is 0. The molecule has 4 rings (SSSR count). The summed E-state index contributed by atoms with van der Waals surface area (Å²) in [5.41, 5.74) is 2.67. The third kappa shape index (κ3) is 4.18. The predicted octanol–water partition coefficient (Wildman–Crippen LogP) is 3.92. The molecule has 3 aromatic carbocycles. The highest BCUT2D eigenvalue weighted by atomic mass is 32.2. The molecule has 8 heteroatoms. The molecule has 30 heavy (non-hydrogen) atoms. The SMILES string of the molecule is COc1ccc(S(=O)(=O)CC(=O)Nc2ccc(-c3nc4ccccc4o3)cc2)cc1. The van der Waals surface area contributed by atoms with Gasteiger partial charge >= 0.3 is 0 Å². The number of methoxy groups -OCH3 is 1. The number of fused-ring (bicyclic) bond motifs is 1. The molecule has 0 bridgehead atoms. The number of anilines is 1. The van der Waals surface area contributed by atoms with Crippen molar-refractivity contribution in [2.75, 3.05) is 18.2 Å². The van der Waals surface area contributed by atoms with E-state index in [1.54, 1.807) is 24.3 Å². The van der Waals surface area contributed by atoms with Crippen LogP contribution in [0.4, 0.5) is 5.69 Å². The Morgan fingerprint density at radius 1 is 1.00 bits per heavy atom. The Hall–Kier alpha value is -3.65. The first-order chi connectivity index (χ1) is 14.4. The van der Waals surface area contributed by atoms with Crippen molar-refractivity contribution >= 4 is 32.5 Å². The predicted molar refractivity (Wildman–Crippen MR) is 113 cm³/mol. The first-order valence-corrected chi connectivity index (χ1v) is 10.7. The molecular weight excluding hydrogens is 404 g/mol. The van der Waals surface area contributed by atoms with Gasteiger partial charge in [-0.2, -0.15) is 0 Å². The van der Waals surface area contributed by atoms with Crippen molar-refractivity contribution in [3.63, 3.8) is 0 Å². The van der Waals surface area contributed by atoms with E-state index in [-0.39, 0.29) is 4.90 Å². The Labute approximate surface area is 173 Å². The molecule has 0 saturated carbocycles. The second kappa shape index (κ2) is 8.00. The molecule has 0 aliphatic carbocycles. The van der Waals surface area contributed by atoms with Crippen LogP contribution in [0.25, 0.3) is 22.6 Å². The van der Waals surface area contributed by atoms with Gasteiger partial charge in [0.1, 0.15) is 17.0 Å². The number of benzene rings is 3. The number of para-hydroxylation sites is 2.